The lowest BCUT2D eigenvalue weighted by atomic mass is 9.72. The number of nitrogens with one attached hydrogen (secondary N) is 2. The predicted molar refractivity (Wildman–Crippen MR) is 147 cm³/mol. The lowest BCUT2D eigenvalue weighted by Crippen LogP contribution is -2.48. The van der Waals surface area contributed by atoms with E-state index in [1.807, 2.05) is 24.3 Å². The van der Waals surface area contributed by atoms with Gasteiger partial charge in [-0.2, -0.15) is 0 Å². The fourth-order valence-corrected chi connectivity index (χ4v) is 4.92. The zero-order valence-electron chi connectivity index (χ0n) is 22.4. The molecule has 0 aromatic heterocycles. The van der Waals surface area contributed by atoms with Crippen LogP contribution in [0.5, 0.6) is 0 Å². The van der Waals surface area contributed by atoms with Gasteiger partial charge in [0, 0.05) is 28.8 Å². The molecule has 5 atom stereocenters. The molecule has 0 heterocycles. The van der Waals surface area contributed by atoms with Gasteiger partial charge in [0.15, 0.2) is 5.78 Å². The van der Waals surface area contributed by atoms with Crippen molar-refractivity contribution in [2.24, 2.45) is 17.8 Å². The molecule has 0 saturated heterocycles. The number of anilines is 1. The summed E-state index contributed by atoms with van der Waals surface area (Å²) in [6.07, 6.45) is 4.12. The minimum absolute atomic E-state index is 0.0406. The molecule has 3 rings (SSSR count). The molecule has 1 fully saturated rings. The molecule has 2 aromatic carbocycles. The Balaban J connectivity index is 1.51. The molecule has 1 aliphatic rings. The maximum atomic E-state index is 12.4. The number of rotatable bonds is 9. The van der Waals surface area contributed by atoms with E-state index in [0.717, 1.165) is 23.6 Å². The molecule has 7 nitrogen and oxygen atoms in total. The molecule has 4 N–H and O–H groups in total. The number of carbonyl (C=O) groups excluding carboxylic acids is 3. The first-order chi connectivity index (χ1) is 18.2. The highest BCUT2D eigenvalue weighted by molar-refractivity contribution is 5.98. The third-order valence-electron chi connectivity index (χ3n) is 7.56. The van der Waals surface area contributed by atoms with Crippen LogP contribution in [0.1, 0.15) is 74.4 Å². The highest BCUT2D eigenvalue weighted by Gasteiger charge is 2.27. The Morgan fingerprint density at radius 3 is 2.16 bits per heavy atom. The molecule has 0 radical (unpaired) electrons. The summed E-state index contributed by atoms with van der Waals surface area (Å²) in [6, 6.07) is 12.7. The van der Waals surface area contributed by atoms with Gasteiger partial charge in [-0.25, -0.2) is 0 Å². The van der Waals surface area contributed by atoms with E-state index in [2.05, 4.69) is 36.3 Å². The summed E-state index contributed by atoms with van der Waals surface area (Å²) in [4.78, 5) is 36.6. The molecular weight excluding hydrogens is 480 g/mol. The van der Waals surface area contributed by atoms with Crippen molar-refractivity contribution in [1.29, 1.82) is 0 Å². The third kappa shape index (κ3) is 8.27. The van der Waals surface area contributed by atoms with E-state index in [1.165, 1.54) is 26.2 Å². The van der Waals surface area contributed by atoms with Gasteiger partial charge in [-0.3, -0.25) is 14.4 Å². The number of aliphatic hydroxyl groups excluding tert-OH is 2. The van der Waals surface area contributed by atoms with Crippen LogP contribution in [0.4, 0.5) is 5.69 Å². The van der Waals surface area contributed by atoms with Crippen LogP contribution < -0.4 is 10.6 Å². The largest absolute Gasteiger partial charge is 0.391 e. The summed E-state index contributed by atoms with van der Waals surface area (Å²) in [6.45, 7) is 5.23. The Bertz CT molecular complexity index is 1160. The van der Waals surface area contributed by atoms with Crippen LogP contribution in [0.15, 0.2) is 48.5 Å². The molecule has 7 heteroatoms. The number of Topliss-reactive ketones (excluding diaryl/α,β-unsaturated/α-hetero) is 1. The van der Waals surface area contributed by atoms with Gasteiger partial charge in [0.2, 0.25) is 5.91 Å². The Hall–Kier alpha value is -3.47. The Labute approximate surface area is 225 Å². The van der Waals surface area contributed by atoms with Gasteiger partial charge in [-0.05, 0) is 79.6 Å². The summed E-state index contributed by atoms with van der Waals surface area (Å²) in [5.74, 6) is 7.00. The van der Waals surface area contributed by atoms with Crippen LogP contribution in [0.2, 0.25) is 0 Å². The predicted octanol–water partition coefficient (Wildman–Crippen LogP) is 3.92. The molecule has 202 valence electrons. The highest BCUT2D eigenvalue weighted by atomic mass is 16.3. The first kappa shape index (κ1) is 29.1. The molecular formula is C31H38N2O5. The number of benzene rings is 2. The van der Waals surface area contributed by atoms with E-state index in [4.69, 9.17) is 5.11 Å². The molecule has 38 heavy (non-hydrogen) atoms. The lowest BCUT2D eigenvalue weighted by Gasteiger charge is -2.34. The summed E-state index contributed by atoms with van der Waals surface area (Å²) >= 11 is 0. The van der Waals surface area contributed by atoms with Crippen LogP contribution in [0.25, 0.3) is 0 Å². The molecule has 0 bridgehead atoms. The van der Waals surface area contributed by atoms with Gasteiger partial charge in [-0.15, -0.1) is 0 Å². The lowest BCUT2D eigenvalue weighted by molar-refractivity contribution is -0.126. The maximum Gasteiger partial charge on any atom is 0.251 e. The van der Waals surface area contributed by atoms with Crippen molar-refractivity contribution in [3.05, 3.63) is 65.2 Å². The average Bonchev–Trinajstić information content (AvgIpc) is 2.91. The van der Waals surface area contributed by atoms with Crippen LogP contribution in [-0.4, -0.2) is 46.6 Å². The SMILES string of the molecule is CC1CCCC(CCC(=O)Nc2ccc(C#Cc3ccc(C(=O)N[C@H](C(=O)CO)[C@@H](C)O)cc3)cc2)C1C. The smallest absolute Gasteiger partial charge is 0.251 e. The van der Waals surface area contributed by atoms with Crippen molar-refractivity contribution in [1.82, 2.24) is 5.32 Å². The molecule has 3 unspecified atom stereocenters. The van der Waals surface area contributed by atoms with Crippen molar-refractivity contribution in [3.8, 4) is 11.8 Å². The fraction of sp³-hybridized carbons (Fsp3) is 0.452. The number of hydrogen-bond acceptors (Lipinski definition) is 5. The monoisotopic (exact) mass is 518 g/mol. The summed E-state index contributed by atoms with van der Waals surface area (Å²) in [5.41, 5.74) is 2.54. The zero-order valence-corrected chi connectivity index (χ0v) is 22.4. The fourth-order valence-electron chi connectivity index (χ4n) is 4.92. The maximum absolute atomic E-state index is 12.4. The standard InChI is InChI=1S/C31H38N2O5/c1-20-5-4-6-25(21(20)2)15-18-29(37)32-27-16-11-24(12-17-27)8-7-23-9-13-26(14-10-23)31(38)33-30(22(3)35)28(36)19-34/h9-14,16-17,20-22,25,30,34-35H,4-6,15,18-19H2,1-3H3,(H,32,37)(H,33,38)/t20?,21?,22-,25?,30+/m1/s1. The van der Waals surface area contributed by atoms with Crippen LogP contribution in [0, 0.1) is 29.6 Å². The van der Waals surface area contributed by atoms with E-state index in [-0.39, 0.29) is 5.91 Å². The zero-order chi connectivity index (χ0) is 27.7. The van der Waals surface area contributed by atoms with Gasteiger partial charge >= 0.3 is 0 Å². The van der Waals surface area contributed by atoms with E-state index in [9.17, 15) is 19.5 Å². The average molecular weight is 519 g/mol. The van der Waals surface area contributed by atoms with Gasteiger partial charge in [0.25, 0.3) is 5.91 Å². The van der Waals surface area contributed by atoms with Crippen LogP contribution >= 0.6 is 0 Å². The number of hydrogen-bond donors (Lipinski definition) is 4. The minimum Gasteiger partial charge on any atom is -0.391 e. The van der Waals surface area contributed by atoms with Crippen molar-refractivity contribution in [2.45, 2.75) is 65.0 Å². The topological polar surface area (TPSA) is 116 Å². The van der Waals surface area contributed by atoms with E-state index in [1.54, 1.807) is 24.3 Å². The first-order valence-electron chi connectivity index (χ1n) is 13.3. The first-order valence-corrected chi connectivity index (χ1v) is 13.3. The van der Waals surface area contributed by atoms with Gasteiger partial charge in [0.05, 0.1) is 6.10 Å². The summed E-state index contributed by atoms with van der Waals surface area (Å²) in [5, 5.41) is 24.1. The van der Waals surface area contributed by atoms with E-state index in [0.29, 0.717) is 29.4 Å². The number of carbonyl (C=O) groups is 3. The number of aliphatic hydroxyl groups is 2. The number of ketones is 1. The minimum atomic E-state index is -1.18. The van der Waals surface area contributed by atoms with Crippen LogP contribution in [0.3, 0.4) is 0 Å². The van der Waals surface area contributed by atoms with Crippen molar-refractivity contribution < 1.29 is 24.6 Å². The highest BCUT2D eigenvalue weighted by Crippen LogP contribution is 2.36. The van der Waals surface area contributed by atoms with E-state index < -0.39 is 30.4 Å². The van der Waals surface area contributed by atoms with Gasteiger partial charge in [-0.1, -0.05) is 45.0 Å². The molecule has 0 aliphatic heterocycles. The third-order valence-corrected chi connectivity index (χ3v) is 7.56. The van der Waals surface area contributed by atoms with Gasteiger partial charge < -0.3 is 20.8 Å². The molecule has 2 amide bonds. The quantitative estimate of drug-likeness (QED) is 0.376. The Kier molecular flexibility index (Phi) is 10.6. The van der Waals surface area contributed by atoms with Crippen molar-refractivity contribution >= 4 is 23.3 Å². The second-order valence-electron chi connectivity index (χ2n) is 10.3. The van der Waals surface area contributed by atoms with Gasteiger partial charge in [0.1, 0.15) is 12.6 Å². The van der Waals surface area contributed by atoms with Crippen molar-refractivity contribution in [3.63, 3.8) is 0 Å². The molecule has 0 spiro atoms. The Morgan fingerprint density at radius 2 is 1.58 bits per heavy atom. The summed E-state index contributed by atoms with van der Waals surface area (Å²) < 4.78 is 0. The van der Waals surface area contributed by atoms with Crippen LogP contribution in [-0.2, 0) is 9.59 Å². The second kappa shape index (κ2) is 13.9. The summed E-state index contributed by atoms with van der Waals surface area (Å²) in [7, 11) is 0. The number of amides is 2. The second-order valence-corrected chi connectivity index (χ2v) is 10.3. The normalized spacial score (nSPS) is 20.4. The molecule has 1 saturated carbocycles. The van der Waals surface area contributed by atoms with E-state index >= 15 is 0 Å². The van der Waals surface area contributed by atoms with Crippen molar-refractivity contribution in [2.75, 3.05) is 11.9 Å². The Morgan fingerprint density at radius 1 is 0.974 bits per heavy atom. The molecule has 2 aromatic rings. The molecule has 1 aliphatic carbocycles.